The van der Waals surface area contributed by atoms with E-state index in [1.165, 1.54) is 6.08 Å². The van der Waals surface area contributed by atoms with Gasteiger partial charge in [0.1, 0.15) is 5.69 Å². The monoisotopic (exact) mass is 304 g/mol. The summed E-state index contributed by atoms with van der Waals surface area (Å²) in [7, 11) is 0. The highest BCUT2D eigenvalue weighted by Crippen LogP contribution is 2.16. The smallest absolute Gasteiger partial charge is 0.241 e. The van der Waals surface area contributed by atoms with Crippen LogP contribution in [0.4, 0.5) is 0 Å². The predicted molar refractivity (Wildman–Crippen MR) is 89.2 cm³/mol. The van der Waals surface area contributed by atoms with Crippen LogP contribution in [0.5, 0.6) is 0 Å². The van der Waals surface area contributed by atoms with Crippen LogP contribution in [0.25, 0.3) is 17.3 Å². The van der Waals surface area contributed by atoms with Crippen molar-refractivity contribution in [1.82, 2.24) is 15.0 Å². The highest BCUT2D eigenvalue weighted by molar-refractivity contribution is 5.90. The van der Waals surface area contributed by atoms with Crippen molar-refractivity contribution < 1.29 is 4.79 Å². The van der Waals surface area contributed by atoms with Crippen molar-refractivity contribution in [2.24, 2.45) is 5.73 Å². The fraction of sp³-hybridized carbons (Fsp3) is 0.0556. The van der Waals surface area contributed by atoms with Gasteiger partial charge in [-0.2, -0.15) is 0 Å². The minimum absolute atomic E-state index is 0.459. The van der Waals surface area contributed by atoms with Crippen molar-refractivity contribution in [3.63, 3.8) is 0 Å². The molecule has 3 rings (SSSR count). The molecule has 1 heterocycles. The maximum absolute atomic E-state index is 10.8. The van der Waals surface area contributed by atoms with Gasteiger partial charge < -0.3 is 5.73 Å². The fourth-order valence-electron chi connectivity index (χ4n) is 2.28. The molecule has 0 saturated heterocycles. The van der Waals surface area contributed by atoms with Crippen LogP contribution in [0, 0.1) is 0 Å². The first-order valence-corrected chi connectivity index (χ1v) is 7.23. The SMILES string of the molecule is NC(=O)/C=C/c1cccc(Cn2cc(-c3ccccc3)nn2)c1. The lowest BCUT2D eigenvalue weighted by Gasteiger charge is -2.02. The zero-order valence-corrected chi connectivity index (χ0v) is 12.5. The van der Waals surface area contributed by atoms with Gasteiger partial charge in [-0.3, -0.25) is 4.79 Å². The molecule has 0 fully saturated rings. The molecule has 2 N–H and O–H groups in total. The van der Waals surface area contributed by atoms with Crippen molar-refractivity contribution in [3.05, 3.63) is 78.0 Å². The first kappa shape index (κ1) is 14.7. The quantitative estimate of drug-likeness (QED) is 0.736. The van der Waals surface area contributed by atoms with Gasteiger partial charge in [-0.05, 0) is 23.3 Å². The molecule has 2 aromatic carbocycles. The van der Waals surface area contributed by atoms with Gasteiger partial charge in [0.25, 0.3) is 0 Å². The van der Waals surface area contributed by atoms with Crippen molar-refractivity contribution in [3.8, 4) is 11.3 Å². The molecule has 5 heteroatoms. The number of primary amides is 1. The third kappa shape index (κ3) is 3.91. The average Bonchev–Trinajstić information content (AvgIpc) is 3.03. The van der Waals surface area contributed by atoms with E-state index in [0.29, 0.717) is 6.54 Å². The number of benzene rings is 2. The van der Waals surface area contributed by atoms with E-state index in [0.717, 1.165) is 22.4 Å². The van der Waals surface area contributed by atoms with E-state index in [4.69, 9.17) is 5.73 Å². The molecule has 0 aliphatic heterocycles. The highest BCUT2D eigenvalue weighted by Gasteiger charge is 2.04. The molecule has 0 unspecified atom stereocenters. The summed E-state index contributed by atoms with van der Waals surface area (Å²) >= 11 is 0. The standard InChI is InChI=1S/C18H16N4O/c19-18(23)10-9-14-5-4-6-15(11-14)12-22-13-17(20-21-22)16-7-2-1-3-8-16/h1-11,13H,12H2,(H2,19,23)/b10-9+. The summed E-state index contributed by atoms with van der Waals surface area (Å²) in [6.45, 7) is 0.609. The largest absolute Gasteiger partial charge is 0.366 e. The zero-order chi connectivity index (χ0) is 16.1. The lowest BCUT2D eigenvalue weighted by atomic mass is 10.1. The molecule has 0 atom stereocenters. The Balaban J connectivity index is 1.76. The second-order valence-electron chi connectivity index (χ2n) is 5.15. The van der Waals surface area contributed by atoms with E-state index in [1.54, 1.807) is 10.8 Å². The molecule has 1 aromatic heterocycles. The van der Waals surface area contributed by atoms with Crippen molar-refractivity contribution in [2.45, 2.75) is 6.54 Å². The molecular formula is C18H16N4O. The third-order valence-electron chi connectivity index (χ3n) is 3.34. The number of hydrogen-bond acceptors (Lipinski definition) is 3. The molecule has 0 bridgehead atoms. The van der Waals surface area contributed by atoms with Gasteiger partial charge in [-0.1, -0.05) is 53.7 Å². The van der Waals surface area contributed by atoms with Crippen molar-refractivity contribution >= 4 is 12.0 Å². The van der Waals surface area contributed by atoms with Crippen LogP contribution in [0.2, 0.25) is 0 Å². The molecule has 5 nitrogen and oxygen atoms in total. The average molecular weight is 304 g/mol. The molecule has 114 valence electrons. The Bertz CT molecular complexity index is 837. The predicted octanol–water partition coefficient (Wildman–Crippen LogP) is 2.49. The first-order chi connectivity index (χ1) is 11.2. The van der Waals surface area contributed by atoms with E-state index in [2.05, 4.69) is 10.3 Å². The summed E-state index contributed by atoms with van der Waals surface area (Å²) in [5.74, 6) is -0.459. The summed E-state index contributed by atoms with van der Waals surface area (Å²) in [6, 6.07) is 17.8. The number of carbonyl (C=O) groups excluding carboxylic acids is 1. The first-order valence-electron chi connectivity index (χ1n) is 7.23. The van der Waals surface area contributed by atoms with Crippen LogP contribution in [0.1, 0.15) is 11.1 Å². The number of amides is 1. The maximum atomic E-state index is 10.8. The maximum Gasteiger partial charge on any atom is 0.241 e. The number of nitrogens with two attached hydrogens (primary N) is 1. The van der Waals surface area contributed by atoms with Crippen LogP contribution in [0.15, 0.2) is 66.9 Å². The molecule has 3 aromatic rings. The van der Waals surface area contributed by atoms with E-state index in [-0.39, 0.29) is 0 Å². The minimum Gasteiger partial charge on any atom is -0.366 e. The molecule has 0 aliphatic carbocycles. The molecule has 0 aliphatic rings. The van der Waals surface area contributed by atoms with Crippen LogP contribution in [0.3, 0.4) is 0 Å². The summed E-state index contributed by atoms with van der Waals surface area (Å²) in [6.07, 6.45) is 4.96. The molecule has 1 amide bonds. The van der Waals surface area contributed by atoms with Crippen LogP contribution in [-0.2, 0) is 11.3 Å². The number of hydrogen-bond donors (Lipinski definition) is 1. The van der Waals surface area contributed by atoms with Gasteiger partial charge in [-0.25, -0.2) is 4.68 Å². The Kier molecular flexibility index (Phi) is 4.29. The van der Waals surface area contributed by atoms with Gasteiger partial charge in [0.05, 0.1) is 12.7 Å². The summed E-state index contributed by atoms with van der Waals surface area (Å²) in [5, 5.41) is 8.37. The molecule has 23 heavy (non-hydrogen) atoms. The highest BCUT2D eigenvalue weighted by atomic mass is 16.1. The lowest BCUT2D eigenvalue weighted by Crippen LogP contribution is -2.05. The van der Waals surface area contributed by atoms with Crippen LogP contribution < -0.4 is 5.73 Å². The van der Waals surface area contributed by atoms with Crippen molar-refractivity contribution in [1.29, 1.82) is 0 Å². The van der Waals surface area contributed by atoms with Gasteiger partial charge in [0.2, 0.25) is 5.91 Å². The lowest BCUT2D eigenvalue weighted by molar-refractivity contribution is -0.113. The van der Waals surface area contributed by atoms with Crippen LogP contribution >= 0.6 is 0 Å². The van der Waals surface area contributed by atoms with E-state index < -0.39 is 5.91 Å². The second kappa shape index (κ2) is 6.70. The fourth-order valence-corrected chi connectivity index (χ4v) is 2.28. The topological polar surface area (TPSA) is 73.8 Å². The number of aromatic nitrogens is 3. The van der Waals surface area contributed by atoms with Crippen LogP contribution in [-0.4, -0.2) is 20.9 Å². The summed E-state index contributed by atoms with van der Waals surface area (Å²) in [4.78, 5) is 10.8. The minimum atomic E-state index is -0.459. The van der Waals surface area contributed by atoms with E-state index in [9.17, 15) is 4.79 Å². The molecule has 0 spiro atoms. The van der Waals surface area contributed by atoms with Gasteiger partial charge in [0, 0.05) is 11.6 Å². The van der Waals surface area contributed by atoms with Gasteiger partial charge >= 0.3 is 0 Å². The Morgan fingerprint density at radius 3 is 2.74 bits per heavy atom. The van der Waals surface area contributed by atoms with E-state index in [1.807, 2.05) is 60.8 Å². The molecule has 0 saturated carbocycles. The van der Waals surface area contributed by atoms with Gasteiger partial charge in [0.15, 0.2) is 0 Å². The summed E-state index contributed by atoms with van der Waals surface area (Å²) in [5.41, 5.74) is 8.99. The molecular weight excluding hydrogens is 288 g/mol. The second-order valence-corrected chi connectivity index (χ2v) is 5.15. The Hall–Kier alpha value is -3.21. The van der Waals surface area contributed by atoms with Gasteiger partial charge in [-0.15, -0.1) is 5.10 Å². The third-order valence-corrected chi connectivity index (χ3v) is 3.34. The Morgan fingerprint density at radius 2 is 1.96 bits per heavy atom. The van der Waals surface area contributed by atoms with E-state index >= 15 is 0 Å². The number of nitrogens with zero attached hydrogens (tertiary/aromatic N) is 3. The zero-order valence-electron chi connectivity index (χ0n) is 12.5. The normalized spacial score (nSPS) is 11.0. The van der Waals surface area contributed by atoms with Crippen molar-refractivity contribution in [2.75, 3.05) is 0 Å². The Morgan fingerprint density at radius 1 is 1.13 bits per heavy atom. The molecule has 0 radical (unpaired) electrons. The number of carbonyl (C=O) groups is 1. The number of rotatable bonds is 5. The Labute approximate surface area is 134 Å². The summed E-state index contributed by atoms with van der Waals surface area (Å²) < 4.78 is 1.79.